The molecule has 0 aromatic carbocycles. The topological polar surface area (TPSA) is 41.1 Å². The van der Waals surface area contributed by atoms with Crippen molar-refractivity contribution >= 4 is 5.69 Å². The third kappa shape index (κ3) is 3.53. The summed E-state index contributed by atoms with van der Waals surface area (Å²) in [4.78, 5) is 10.6. The summed E-state index contributed by atoms with van der Waals surface area (Å²) in [6, 6.07) is 8.11. The second-order valence-corrected chi connectivity index (χ2v) is 4.31. The van der Waals surface area contributed by atoms with Gasteiger partial charge in [0.25, 0.3) is 0 Å². The van der Waals surface area contributed by atoms with Crippen LogP contribution in [0.4, 0.5) is 5.69 Å². The second kappa shape index (κ2) is 6.12. The van der Waals surface area contributed by atoms with Crippen molar-refractivity contribution in [3.63, 3.8) is 0 Å². The Morgan fingerprint density at radius 2 is 1.89 bits per heavy atom. The average Bonchev–Trinajstić information content (AvgIpc) is 2.40. The Labute approximate surface area is 108 Å². The van der Waals surface area contributed by atoms with Crippen molar-refractivity contribution in [2.45, 2.75) is 13.1 Å². The summed E-state index contributed by atoms with van der Waals surface area (Å²) in [5.41, 5.74) is 3.42. The van der Waals surface area contributed by atoms with Crippen LogP contribution in [0, 0.1) is 0 Å². The standard InChI is InChI=1S/C14H18N4/c1-15-13-5-8-17-14(9-13)11-18(2)10-12-3-6-16-7-4-12/h3-9H,10-11H2,1-2H3,(H,15,17). The molecule has 2 heterocycles. The third-order valence-corrected chi connectivity index (χ3v) is 2.74. The molecule has 4 heteroatoms. The van der Waals surface area contributed by atoms with E-state index in [4.69, 9.17) is 0 Å². The fraction of sp³-hybridized carbons (Fsp3) is 0.286. The van der Waals surface area contributed by atoms with Crippen LogP contribution < -0.4 is 5.32 Å². The molecule has 0 unspecified atom stereocenters. The van der Waals surface area contributed by atoms with Crippen molar-refractivity contribution < 1.29 is 0 Å². The number of hydrogen-bond donors (Lipinski definition) is 1. The van der Waals surface area contributed by atoms with Crippen molar-refractivity contribution in [3.05, 3.63) is 54.1 Å². The Morgan fingerprint density at radius 3 is 2.61 bits per heavy atom. The maximum absolute atomic E-state index is 4.37. The van der Waals surface area contributed by atoms with Crippen molar-refractivity contribution in [1.29, 1.82) is 0 Å². The van der Waals surface area contributed by atoms with Crippen molar-refractivity contribution in [1.82, 2.24) is 14.9 Å². The molecule has 2 aromatic heterocycles. The van der Waals surface area contributed by atoms with Crippen molar-refractivity contribution in [2.75, 3.05) is 19.4 Å². The van der Waals surface area contributed by atoms with Gasteiger partial charge in [-0.2, -0.15) is 0 Å². The van der Waals surface area contributed by atoms with E-state index in [2.05, 4.69) is 33.3 Å². The monoisotopic (exact) mass is 242 g/mol. The predicted molar refractivity (Wildman–Crippen MR) is 73.2 cm³/mol. The lowest BCUT2D eigenvalue weighted by Crippen LogP contribution is -2.18. The van der Waals surface area contributed by atoms with Crippen LogP contribution >= 0.6 is 0 Å². The molecule has 0 bridgehead atoms. The highest BCUT2D eigenvalue weighted by atomic mass is 15.1. The van der Waals surface area contributed by atoms with Gasteiger partial charge in [0, 0.05) is 44.4 Å². The van der Waals surface area contributed by atoms with E-state index in [1.165, 1.54) is 5.56 Å². The lowest BCUT2D eigenvalue weighted by Gasteiger charge is -2.16. The largest absolute Gasteiger partial charge is 0.388 e. The summed E-state index contributed by atoms with van der Waals surface area (Å²) in [6.07, 6.45) is 5.48. The summed E-state index contributed by atoms with van der Waals surface area (Å²) < 4.78 is 0. The minimum absolute atomic E-state index is 0.831. The van der Waals surface area contributed by atoms with Crippen LogP contribution in [0.3, 0.4) is 0 Å². The second-order valence-electron chi connectivity index (χ2n) is 4.31. The zero-order chi connectivity index (χ0) is 12.8. The number of nitrogens with zero attached hydrogens (tertiary/aromatic N) is 3. The SMILES string of the molecule is CNc1ccnc(CN(C)Cc2ccncc2)c1. The van der Waals surface area contributed by atoms with Gasteiger partial charge in [0.1, 0.15) is 0 Å². The number of aromatic nitrogens is 2. The molecule has 0 aliphatic carbocycles. The first-order chi connectivity index (χ1) is 8.78. The van der Waals surface area contributed by atoms with E-state index in [9.17, 15) is 0 Å². The molecule has 2 rings (SSSR count). The average molecular weight is 242 g/mol. The van der Waals surface area contributed by atoms with E-state index < -0.39 is 0 Å². The van der Waals surface area contributed by atoms with E-state index in [-0.39, 0.29) is 0 Å². The van der Waals surface area contributed by atoms with Crippen LogP contribution in [0.1, 0.15) is 11.3 Å². The molecule has 0 radical (unpaired) electrons. The Bertz CT molecular complexity index is 484. The molecule has 0 aliphatic heterocycles. The smallest absolute Gasteiger partial charge is 0.0564 e. The summed E-state index contributed by atoms with van der Waals surface area (Å²) >= 11 is 0. The van der Waals surface area contributed by atoms with Crippen LogP contribution in [0.15, 0.2) is 42.9 Å². The van der Waals surface area contributed by atoms with Crippen molar-refractivity contribution in [3.8, 4) is 0 Å². The van der Waals surface area contributed by atoms with Crippen LogP contribution in [0.5, 0.6) is 0 Å². The molecule has 0 amide bonds. The Balaban J connectivity index is 1.96. The minimum Gasteiger partial charge on any atom is -0.388 e. The van der Waals surface area contributed by atoms with E-state index in [1.807, 2.05) is 43.8 Å². The van der Waals surface area contributed by atoms with Gasteiger partial charge in [0.05, 0.1) is 5.69 Å². The molecule has 4 nitrogen and oxygen atoms in total. The minimum atomic E-state index is 0.831. The quantitative estimate of drug-likeness (QED) is 0.872. The fourth-order valence-corrected chi connectivity index (χ4v) is 1.85. The molecular weight excluding hydrogens is 224 g/mol. The van der Waals surface area contributed by atoms with E-state index >= 15 is 0 Å². The lowest BCUT2D eigenvalue weighted by atomic mass is 10.2. The molecule has 0 atom stereocenters. The molecule has 2 aromatic rings. The van der Waals surface area contributed by atoms with E-state index in [0.29, 0.717) is 0 Å². The molecule has 1 N–H and O–H groups in total. The first kappa shape index (κ1) is 12.5. The number of hydrogen-bond acceptors (Lipinski definition) is 4. The highest BCUT2D eigenvalue weighted by molar-refractivity contribution is 5.42. The molecule has 0 spiro atoms. The van der Waals surface area contributed by atoms with E-state index in [0.717, 1.165) is 24.5 Å². The van der Waals surface area contributed by atoms with Gasteiger partial charge in [0.2, 0.25) is 0 Å². The van der Waals surface area contributed by atoms with Gasteiger partial charge in [0.15, 0.2) is 0 Å². The lowest BCUT2D eigenvalue weighted by molar-refractivity contribution is 0.315. The van der Waals surface area contributed by atoms with Crippen LogP contribution in [-0.4, -0.2) is 29.0 Å². The number of rotatable bonds is 5. The highest BCUT2D eigenvalue weighted by Gasteiger charge is 2.03. The van der Waals surface area contributed by atoms with Crippen LogP contribution in [-0.2, 0) is 13.1 Å². The zero-order valence-electron chi connectivity index (χ0n) is 10.8. The normalized spacial score (nSPS) is 10.6. The number of nitrogens with one attached hydrogen (secondary N) is 1. The molecule has 0 aliphatic rings. The van der Waals surface area contributed by atoms with Gasteiger partial charge in [-0.05, 0) is 36.9 Å². The Morgan fingerprint density at radius 1 is 1.11 bits per heavy atom. The third-order valence-electron chi connectivity index (χ3n) is 2.74. The van der Waals surface area contributed by atoms with E-state index in [1.54, 1.807) is 0 Å². The summed E-state index contributed by atoms with van der Waals surface area (Å²) in [7, 11) is 4.01. The van der Waals surface area contributed by atoms with Gasteiger partial charge in [-0.1, -0.05) is 0 Å². The highest BCUT2D eigenvalue weighted by Crippen LogP contribution is 2.10. The Hall–Kier alpha value is -1.94. The molecule has 0 saturated carbocycles. The van der Waals surface area contributed by atoms with Gasteiger partial charge < -0.3 is 5.32 Å². The summed E-state index contributed by atoms with van der Waals surface area (Å²) in [6.45, 7) is 1.73. The number of anilines is 1. The molecule has 18 heavy (non-hydrogen) atoms. The van der Waals surface area contributed by atoms with Gasteiger partial charge in [-0.15, -0.1) is 0 Å². The van der Waals surface area contributed by atoms with Gasteiger partial charge in [-0.25, -0.2) is 0 Å². The first-order valence-corrected chi connectivity index (χ1v) is 5.98. The Kier molecular flexibility index (Phi) is 4.25. The molecule has 0 saturated heterocycles. The zero-order valence-corrected chi connectivity index (χ0v) is 10.8. The first-order valence-electron chi connectivity index (χ1n) is 5.98. The fourth-order valence-electron chi connectivity index (χ4n) is 1.85. The summed E-state index contributed by atoms with van der Waals surface area (Å²) in [5.74, 6) is 0. The van der Waals surface area contributed by atoms with Crippen LogP contribution in [0.25, 0.3) is 0 Å². The predicted octanol–water partition coefficient (Wildman–Crippen LogP) is 2.15. The van der Waals surface area contributed by atoms with Gasteiger partial charge >= 0.3 is 0 Å². The maximum atomic E-state index is 4.37. The summed E-state index contributed by atoms with van der Waals surface area (Å²) in [5, 5.41) is 3.12. The van der Waals surface area contributed by atoms with Crippen molar-refractivity contribution in [2.24, 2.45) is 0 Å². The van der Waals surface area contributed by atoms with Crippen LogP contribution in [0.2, 0.25) is 0 Å². The molecular formula is C14H18N4. The van der Waals surface area contributed by atoms with Gasteiger partial charge in [-0.3, -0.25) is 14.9 Å². The maximum Gasteiger partial charge on any atom is 0.0564 e. The molecule has 94 valence electrons. The number of pyridine rings is 2. The molecule has 0 fully saturated rings.